The monoisotopic (exact) mass is 257 g/mol. The lowest BCUT2D eigenvalue weighted by atomic mass is 10.2. The summed E-state index contributed by atoms with van der Waals surface area (Å²) in [6, 6.07) is 17.0. The molecular weight excluding hydrogens is 238 g/mol. The quantitative estimate of drug-likeness (QED) is 0.627. The molecule has 1 aliphatic rings. The van der Waals surface area contributed by atoms with Crippen molar-refractivity contribution in [3.63, 3.8) is 0 Å². The van der Waals surface area contributed by atoms with Gasteiger partial charge in [-0.15, -0.1) is 0 Å². The van der Waals surface area contributed by atoms with Crippen LogP contribution in [0.2, 0.25) is 0 Å². The van der Waals surface area contributed by atoms with E-state index in [-0.39, 0.29) is 0 Å². The van der Waals surface area contributed by atoms with Gasteiger partial charge < -0.3 is 4.90 Å². The Bertz CT molecular complexity index is 477. The molecule has 1 aliphatic heterocycles. The predicted molar refractivity (Wildman–Crippen MR) is 81.0 cm³/mol. The van der Waals surface area contributed by atoms with Crippen LogP contribution in [0.3, 0.4) is 0 Å². The van der Waals surface area contributed by atoms with Crippen molar-refractivity contribution in [2.75, 3.05) is 11.9 Å². The summed E-state index contributed by atoms with van der Waals surface area (Å²) in [6.07, 6.45) is 1.25. The smallest absolute Gasteiger partial charge is 0.0550 e. The standard InChI is InChI=1S/C13H11NS.C3H8/c1-14-10-6-2-4-8-12(10)15-13-9-5-3-7-11(13)14;1-3-2/h2-9H,1H3;3H2,1-2H3. The van der Waals surface area contributed by atoms with Gasteiger partial charge in [0.05, 0.1) is 11.4 Å². The van der Waals surface area contributed by atoms with Crippen molar-refractivity contribution in [2.24, 2.45) is 0 Å². The van der Waals surface area contributed by atoms with E-state index in [1.54, 1.807) is 0 Å². The molecule has 3 rings (SSSR count). The van der Waals surface area contributed by atoms with E-state index in [1.807, 2.05) is 11.8 Å². The molecule has 2 aromatic carbocycles. The molecule has 0 aliphatic carbocycles. The van der Waals surface area contributed by atoms with Crippen LogP contribution in [0.4, 0.5) is 11.4 Å². The number of para-hydroxylation sites is 2. The highest BCUT2D eigenvalue weighted by Crippen LogP contribution is 2.46. The Balaban J connectivity index is 0.000000367. The summed E-state index contributed by atoms with van der Waals surface area (Å²) in [5, 5.41) is 0. The molecule has 0 fully saturated rings. The molecule has 0 amide bonds. The first kappa shape index (κ1) is 13.0. The lowest BCUT2D eigenvalue weighted by molar-refractivity contribution is 1.09. The van der Waals surface area contributed by atoms with E-state index < -0.39 is 0 Å². The Kier molecular flexibility index (Phi) is 4.32. The third kappa shape index (κ3) is 2.54. The molecular formula is C16H19NS. The maximum Gasteiger partial charge on any atom is 0.0550 e. The van der Waals surface area contributed by atoms with Crippen molar-refractivity contribution < 1.29 is 0 Å². The maximum atomic E-state index is 2.25. The first-order valence-electron chi connectivity index (χ1n) is 6.37. The van der Waals surface area contributed by atoms with Gasteiger partial charge in [-0.05, 0) is 24.3 Å². The summed E-state index contributed by atoms with van der Waals surface area (Å²) >= 11 is 1.84. The number of anilines is 2. The molecule has 94 valence electrons. The van der Waals surface area contributed by atoms with E-state index in [4.69, 9.17) is 0 Å². The highest BCUT2D eigenvalue weighted by Gasteiger charge is 2.18. The Morgan fingerprint density at radius 1 is 0.833 bits per heavy atom. The molecule has 1 heterocycles. The van der Waals surface area contributed by atoms with Crippen molar-refractivity contribution in [1.82, 2.24) is 0 Å². The zero-order valence-electron chi connectivity index (χ0n) is 11.2. The fourth-order valence-corrected chi connectivity index (χ4v) is 3.04. The average Bonchev–Trinajstić information content (AvgIpc) is 2.40. The average molecular weight is 257 g/mol. The number of nitrogens with zero attached hydrogens (tertiary/aromatic N) is 1. The second kappa shape index (κ2) is 5.96. The van der Waals surface area contributed by atoms with E-state index in [0.717, 1.165) is 0 Å². The minimum absolute atomic E-state index is 1.25. The second-order valence-corrected chi connectivity index (χ2v) is 5.39. The van der Waals surface area contributed by atoms with Crippen LogP contribution < -0.4 is 4.90 Å². The molecule has 0 aromatic heterocycles. The number of benzene rings is 2. The van der Waals surface area contributed by atoms with Crippen molar-refractivity contribution in [1.29, 1.82) is 0 Å². The van der Waals surface area contributed by atoms with Gasteiger partial charge in [0.15, 0.2) is 0 Å². The van der Waals surface area contributed by atoms with Gasteiger partial charge in [-0.1, -0.05) is 56.3 Å². The Morgan fingerprint density at radius 3 is 1.67 bits per heavy atom. The molecule has 0 unspecified atom stereocenters. The number of rotatable bonds is 0. The third-order valence-electron chi connectivity index (χ3n) is 2.67. The van der Waals surface area contributed by atoms with E-state index >= 15 is 0 Å². The minimum Gasteiger partial charge on any atom is -0.343 e. The van der Waals surface area contributed by atoms with Gasteiger partial charge in [0.2, 0.25) is 0 Å². The molecule has 0 saturated carbocycles. The topological polar surface area (TPSA) is 3.24 Å². The van der Waals surface area contributed by atoms with Crippen LogP contribution in [0.25, 0.3) is 0 Å². The van der Waals surface area contributed by atoms with Crippen LogP contribution in [-0.2, 0) is 0 Å². The van der Waals surface area contributed by atoms with Gasteiger partial charge in [0, 0.05) is 16.8 Å². The molecule has 2 aromatic rings. The van der Waals surface area contributed by atoms with Crippen molar-refractivity contribution in [3.8, 4) is 0 Å². The van der Waals surface area contributed by atoms with E-state index in [2.05, 4.69) is 74.3 Å². The van der Waals surface area contributed by atoms with Crippen LogP contribution in [-0.4, -0.2) is 7.05 Å². The molecule has 2 heteroatoms. The number of fused-ring (bicyclic) bond motifs is 2. The summed E-state index contributed by atoms with van der Waals surface area (Å²) < 4.78 is 0. The molecule has 18 heavy (non-hydrogen) atoms. The molecule has 0 saturated heterocycles. The largest absolute Gasteiger partial charge is 0.343 e. The van der Waals surface area contributed by atoms with Crippen molar-refractivity contribution in [2.45, 2.75) is 30.1 Å². The van der Waals surface area contributed by atoms with Crippen LogP contribution in [0.5, 0.6) is 0 Å². The molecule has 0 spiro atoms. The van der Waals surface area contributed by atoms with Crippen LogP contribution in [0, 0.1) is 0 Å². The third-order valence-corrected chi connectivity index (χ3v) is 3.80. The summed E-state index contributed by atoms with van der Waals surface area (Å²) in [6.45, 7) is 4.25. The summed E-state index contributed by atoms with van der Waals surface area (Å²) in [5.41, 5.74) is 2.59. The number of hydrogen-bond donors (Lipinski definition) is 0. The Hall–Kier alpha value is -1.41. The van der Waals surface area contributed by atoms with Crippen LogP contribution >= 0.6 is 11.8 Å². The van der Waals surface area contributed by atoms with Gasteiger partial charge in [0.1, 0.15) is 0 Å². The van der Waals surface area contributed by atoms with Crippen LogP contribution in [0.15, 0.2) is 58.3 Å². The van der Waals surface area contributed by atoms with Gasteiger partial charge >= 0.3 is 0 Å². The molecule has 0 atom stereocenters. The second-order valence-electron chi connectivity index (χ2n) is 4.30. The van der Waals surface area contributed by atoms with Crippen LogP contribution in [0.1, 0.15) is 20.3 Å². The summed E-state index contributed by atoms with van der Waals surface area (Å²) in [5.74, 6) is 0. The van der Waals surface area contributed by atoms with Crippen molar-refractivity contribution >= 4 is 23.1 Å². The molecule has 0 bridgehead atoms. The zero-order valence-corrected chi connectivity index (χ0v) is 12.0. The first-order chi connectivity index (χ1) is 8.77. The van der Waals surface area contributed by atoms with Gasteiger partial charge in [0.25, 0.3) is 0 Å². The fraction of sp³-hybridized carbons (Fsp3) is 0.250. The molecule has 0 radical (unpaired) electrons. The van der Waals surface area contributed by atoms with Gasteiger partial charge in [-0.25, -0.2) is 0 Å². The highest BCUT2D eigenvalue weighted by atomic mass is 32.2. The molecule has 0 N–H and O–H groups in total. The maximum absolute atomic E-state index is 2.25. The zero-order chi connectivity index (χ0) is 13.0. The van der Waals surface area contributed by atoms with Gasteiger partial charge in [-0.2, -0.15) is 0 Å². The predicted octanol–water partition coefficient (Wildman–Crippen LogP) is 5.34. The summed E-state index contributed by atoms with van der Waals surface area (Å²) in [4.78, 5) is 4.92. The Labute approximate surface area is 114 Å². The van der Waals surface area contributed by atoms with E-state index in [1.165, 1.54) is 27.6 Å². The Morgan fingerprint density at radius 2 is 1.22 bits per heavy atom. The fourth-order valence-electron chi connectivity index (χ4n) is 1.89. The van der Waals surface area contributed by atoms with Gasteiger partial charge in [-0.3, -0.25) is 0 Å². The lowest BCUT2D eigenvalue weighted by Gasteiger charge is -2.29. The normalized spacial score (nSPS) is 12.1. The summed E-state index contributed by atoms with van der Waals surface area (Å²) in [7, 11) is 2.12. The first-order valence-corrected chi connectivity index (χ1v) is 7.19. The van der Waals surface area contributed by atoms with E-state index in [0.29, 0.717) is 0 Å². The number of hydrogen-bond acceptors (Lipinski definition) is 2. The van der Waals surface area contributed by atoms with E-state index in [9.17, 15) is 0 Å². The highest BCUT2D eigenvalue weighted by molar-refractivity contribution is 7.99. The minimum atomic E-state index is 1.25. The molecule has 1 nitrogen and oxygen atoms in total. The van der Waals surface area contributed by atoms with Crippen molar-refractivity contribution in [3.05, 3.63) is 48.5 Å². The SMILES string of the molecule is CCC.CN1c2ccccc2Sc2ccccc21. The lowest BCUT2D eigenvalue weighted by Crippen LogP contribution is -2.14.